The van der Waals surface area contributed by atoms with Crippen molar-refractivity contribution in [2.24, 2.45) is 0 Å². The van der Waals surface area contributed by atoms with Gasteiger partial charge in [0.15, 0.2) is 0 Å². The molecule has 1 aliphatic heterocycles. The van der Waals surface area contributed by atoms with Crippen LogP contribution in [0.3, 0.4) is 0 Å². The van der Waals surface area contributed by atoms with Crippen molar-refractivity contribution >= 4 is 28.4 Å². The van der Waals surface area contributed by atoms with Gasteiger partial charge in [0.25, 0.3) is 0 Å². The van der Waals surface area contributed by atoms with Gasteiger partial charge in [-0.1, -0.05) is 36.4 Å². The highest BCUT2D eigenvalue weighted by Crippen LogP contribution is 2.35. The highest BCUT2D eigenvalue weighted by Gasteiger charge is 2.22. The largest absolute Gasteiger partial charge is 0.494 e. The van der Waals surface area contributed by atoms with Gasteiger partial charge in [-0.3, -0.25) is 4.68 Å². The number of aromatic amines is 1. The molecule has 0 amide bonds. The number of piperidine rings is 1. The number of rotatable bonds is 10. The molecule has 3 aromatic carbocycles. The van der Waals surface area contributed by atoms with Crippen molar-refractivity contribution in [3.8, 4) is 28.3 Å². The highest BCUT2D eigenvalue weighted by molar-refractivity contribution is 5.86. The number of methoxy groups -OCH3 is 1. The second kappa shape index (κ2) is 13.3. The van der Waals surface area contributed by atoms with Gasteiger partial charge in [0, 0.05) is 67.4 Å². The molecule has 3 aromatic heterocycles. The topological polar surface area (TPSA) is 100 Å². The third-order valence-corrected chi connectivity index (χ3v) is 9.03. The maximum absolute atomic E-state index is 5.81. The van der Waals surface area contributed by atoms with Crippen LogP contribution >= 0.6 is 0 Å². The molecule has 1 saturated heterocycles. The molecule has 1 aliphatic rings. The van der Waals surface area contributed by atoms with E-state index in [4.69, 9.17) is 19.8 Å². The van der Waals surface area contributed by atoms with Crippen molar-refractivity contribution in [2.75, 3.05) is 44.5 Å². The lowest BCUT2D eigenvalue weighted by atomic mass is 10.0. The predicted molar refractivity (Wildman–Crippen MR) is 188 cm³/mol. The second-order valence-electron chi connectivity index (χ2n) is 12.3. The molecule has 47 heavy (non-hydrogen) atoms. The lowest BCUT2D eigenvalue weighted by molar-refractivity contribution is 0.249. The van der Waals surface area contributed by atoms with E-state index in [0.29, 0.717) is 12.0 Å². The van der Waals surface area contributed by atoms with Crippen molar-refractivity contribution in [2.45, 2.75) is 38.8 Å². The molecule has 10 nitrogen and oxygen atoms in total. The number of fused-ring (bicyclic) bond motifs is 1. The van der Waals surface area contributed by atoms with E-state index < -0.39 is 0 Å². The number of benzene rings is 3. The molecule has 0 aliphatic carbocycles. The minimum Gasteiger partial charge on any atom is -0.494 e. The van der Waals surface area contributed by atoms with Crippen molar-refractivity contribution in [1.82, 2.24) is 34.6 Å². The minimum absolute atomic E-state index is 0.490. The van der Waals surface area contributed by atoms with Gasteiger partial charge in [0.2, 0.25) is 5.95 Å². The Kier molecular flexibility index (Phi) is 8.58. The summed E-state index contributed by atoms with van der Waals surface area (Å²) in [6.07, 6.45) is 6.88. The summed E-state index contributed by atoms with van der Waals surface area (Å²) in [7, 11) is 6.03. The highest BCUT2D eigenvalue weighted by atomic mass is 16.5. The van der Waals surface area contributed by atoms with E-state index in [-0.39, 0.29) is 0 Å². The third kappa shape index (κ3) is 6.55. The molecule has 1 fully saturated rings. The second-order valence-corrected chi connectivity index (χ2v) is 12.3. The van der Waals surface area contributed by atoms with Gasteiger partial charge in [-0.2, -0.15) is 5.10 Å². The van der Waals surface area contributed by atoms with Crippen LogP contribution < -0.4 is 15.0 Å². The monoisotopic (exact) mass is 627 g/mol. The van der Waals surface area contributed by atoms with Crippen molar-refractivity contribution in [3.63, 3.8) is 0 Å². The fourth-order valence-corrected chi connectivity index (χ4v) is 6.37. The number of ether oxygens (including phenoxy) is 1. The SMILES string of the molecule is CCn1cc(-c2ccnc(Nc3ccc(N4CCC(N(C)C)CC4)cc3OC)n2)c(-c2ccc3[nH]c(Cc4ccccc4)nc3c2)n1. The summed E-state index contributed by atoms with van der Waals surface area (Å²) in [5.74, 6) is 2.18. The van der Waals surface area contributed by atoms with Crippen molar-refractivity contribution in [1.29, 1.82) is 0 Å². The summed E-state index contributed by atoms with van der Waals surface area (Å²) in [4.78, 5) is 22.6. The first-order chi connectivity index (χ1) is 23.0. The van der Waals surface area contributed by atoms with E-state index in [1.54, 1.807) is 13.3 Å². The van der Waals surface area contributed by atoms with Crippen molar-refractivity contribution in [3.05, 3.63) is 96.6 Å². The molecule has 0 atom stereocenters. The molecule has 0 spiro atoms. The quantitative estimate of drug-likeness (QED) is 0.172. The lowest BCUT2D eigenvalue weighted by Gasteiger charge is -2.36. The van der Waals surface area contributed by atoms with Gasteiger partial charge < -0.3 is 24.8 Å². The Labute approximate surface area is 275 Å². The molecule has 0 radical (unpaired) electrons. The summed E-state index contributed by atoms with van der Waals surface area (Å²) in [5, 5.41) is 8.34. The van der Waals surface area contributed by atoms with Crippen LogP contribution in [0, 0.1) is 0 Å². The number of imidazole rings is 1. The fourth-order valence-electron chi connectivity index (χ4n) is 6.37. The van der Waals surface area contributed by atoms with Crippen LogP contribution in [0.1, 0.15) is 31.2 Å². The Balaban J connectivity index is 1.14. The number of nitrogens with one attached hydrogen (secondary N) is 2. The molecular weight excluding hydrogens is 586 g/mol. The number of H-pyrrole nitrogens is 1. The average molecular weight is 628 g/mol. The van der Waals surface area contributed by atoms with Gasteiger partial charge in [0.1, 0.15) is 17.3 Å². The minimum atomic E-state index is 0.490. The van der Waals surface area contributed by atoms with Gasteiger partial charge in [-0.05, 0) is 69.8 Å². The number of hydrogen-bond donors (Lipinski definition) is 2. The molecule has 0 bridgehead atoms. The van der Waals surface area contributed by atoms with Crippen LogP contribution in [0.2, 0.25) is 0 Å². The fraction of sp³-hybridized carbons (Fsp3) is 0.297. The molecule has 7 rings (SSSR count). The van der Waals surface area contributed by atoms with E-state index in [1.807, 2.05) is 29.1 Å². The molecule has 10 heteroatoms. The summed E-state index contributed by atoms with van der Waals surface area (Å²) < 4.78 is 7.76. The Morgan fingerprint density at radius 2 is 1.81 bits per heavy atom. The maximum atomic E-state index is 5.81. The first-order valence-corrected chi connectivity index (χ1v) is 16.3. The molecule has 0 saturated carbocycles. The predicted octanol–water partition coefficient (Wildman–Crippen LogP) is 6.78. The molecule has 4 heterocycles. The summed E-state index contributed by atoms with van der Waals surface area (Å²) in [6, 6.07) is 25.5. The smallest absolute Gasteiger partial charge is 0.227 e. The van der Waals surface area contributed by atoms with E-state index in [9.17, 15) is 0 Å². The van der Waals surface area contributed by atoms with Gasteiger partial charge >= 0.3 is 0 Å². The first kappa shape index (κ1) is 30.4. The zero-order chi connectivity index (χ0) is 32.3. The molecule has 2 N–H and O–H groups in total. The maximum Gasteiger partial charge on any atom is 0.227 e. The molecule has 0 unspecified atom stereocenters. The lowest BCUT2D eigenvalue weighted by Crippen LogP contribution is -2.41. The van der Waals surface area contributed by atoms with Gasteiger partial charge in [0.05, 0.1) is 29.5 Å². The number of aromatic nitrogens is 6. The number of aryl methyl sites for hydroxylation is 1. The molecule has 6 aromatic rings. The Bertz CT molecular complexity index is 1970. The van der Waals surface area contributed by atoms with Crippen LogP contribution in [0.15, 0.2) is 85.2 Å². The summed E-state index contributed by atoms with van der Waals surface area (Å²) in [5.41, 5.74) is 8.66. The van der Waals surface area contributed by atoms with E-state index in [2.05, 4.69) is 101 Å². The van der Waals surface area contributed by atoms with Crippen molar-refractivity contribution < 1.29 is 4.74 Å². The number of anilines is 3. The Morgan fingerprint density at radius 1 is 0.979 bits per heavy atom. The third-order valence-electron chi connectivity index (χ3n) is 9.03. The first-order valence-electron chi connectivity index (χ1n) is 16.3. The van der Waals surface area contributed by atoms with Crippen LogP contribution in [0.4, 0.5) is 17.3 Å². The van der Waals surface area contributed by atoms with Crippen LogP contribution in [0.25, 0.3) is 33.5 Å². The molecular formula is C37H41N9O. The van der Waals surface area contributed by atoms with Gasteiger partial charge in [-0.25, -0.2) is 15.0 Å². The van der Waals surface area contributed by atoms with E-state index >= 15 is 0 Å². The Hall–Kier alpha value is -5.22. The van der Waals surface area contributed by atoms with E-state index in [1.165, 1.54) is 5.56 Å². The van der Waals surface area contributed by atoms with E-state index in [0.717, 1.165) is 95.4 Å². The normalized spacial score (nSPS) is 13.9. The summed E-state index contributed by atoms with van der Waals surface area (Å²) >= 11 is 0. The van der Waals surface area contributed by atoms with Crippen LogP contribution in [0.5, 0.6) is 5.75 Å². The molecule has 240 valence electrons. The van der Waals surface area contributed by atoms with Gasteiger partial charge in [-0.15, -0.1) is 0 Å². The van der Waals surface area contributed by atoms with Crippen LogP contribution in [-0.4, -0.2) is 75.0 Å². The zero-order valence-electron chi connectivity index (χ0n) is 27.4. The zero-order valence-corrected chi connectivity index (χ0v) is 27.4. The standard InChI is InChI=1S/C37H41N9O/c1-5-46-24-29(36(43-46)26-11-13-31-33(22-26)40-35(39-31)21-25-9-7-6-8-10-25)30-15-18-38-37(41-30)42-32-14-12-28(23-34(32)47-4)45-19-16-27(17-20-45)44(2)3/h6-15,18,22-24,27H,5,16-17,19-21H2,1-4H3,(H,39,40)(H,38,41,42). The Morgan fingerprint density at radius 3 is 2.57 bits per heavy atom. The number of hydrogen-bond acceptors (Lipinski definition) is 8. The van der Waals surface area contributed by atoms with Crippen LogP contribution in [-0.2, 0) is 13.0 Å². The summed E-state index contributed by atoms with van der Waals surface area (Å²) in [6.45, 7) is 4.88. The average Bonchev–Trinajstić information content (AvgIpc) is 3.73. The number of nitrogens with zero attached hydrogens (tertiary/aromatic N) is 7.